The number of carbonyl (C=O) groups is 2. The van der Waals surface area contributed by atoms with Crippen molar-refractivity contribution in [3.05, 3.63) is 59.7 Å². The highest BCUT2D eigenvalue weighted by Crippen LogP contribution is 2.28. The van der Waals surface area contributed by atoms with Gasteiger partial charge in [0.25, 0.3) is 0 Å². The van der Waals surface area contributed by atoms with Crippen LogP contribution in [0.25, 0.3) is 11.1 Å². The summed E-state index contributed by atoms with van der Waals surface area (Å²) in [5, 5.41) is 5.94. The number of hydrogen-bond acceptors (Lipinski definition) is 3. The van der Waals surface area contributed by atoms with Crippen LogP contribution in [-0.4, -0.2) is 36.3 Å². The lowest BCUT2D eigenvalue weighted by Crippen LogP contribution is -2.28. The third-order valence-electron chi connectivity index (χ3n) is 6.19. The van der Waals surface area contributed by atoms with Crippen molar-refractivity contribution in [3.63, 3.8) is 0 Å². The van der Waals surface area contributed by atoms with Crippen molar-refractivity contribution < 1.29 is 9.59 Å². The molecule has 1 heterocycles. The van der Waals surface area contributed by atoms with Crippen molar-refractivity contribution in [1.82, 2.24) is 15.5 Å². The first kappa shape index (κ1) is 21.6. The van der Waals surface area contributed by atoms with E-state index in [1.165, 1.54) is 37.1 Å². The largest absolute Gasteiger partial charge is 0.356 e. The molecule has 5 heteroatoms. The number of amides is 2. The van der Waals surface area contributed by atoms with Gasteiger partial charge in [-0.1, -0.05) is 48.5 Å². The van der Waals surface area contributed by atoms with Crippen LogP contribution in [0.15, 0.2) is 48.5 Å². The highest BCUT2D eigenvalue weighted by atomic mass is 16.2. The van der Waals surface area contributed by atoms with Crippen molar-refractivity contribution in [2.75, 3.05) is 19.6 Å². The Balaban J connectivity index is 1.26. The minimum atomic E-state index is 0.0245. The zero-order valence-corrected chi connectivity index (χ0v) is 18.2. The van der Waals surface area contributed by atoms with Crippen molar-refractivity contribution in [3.8, 4) is 11.1 Å². The molecule has 2 aromatic carbocycles. The first-order valence-corrected chi connectivity index (χ1v) is 11.6. The van der Waals surface area contributed by atoms with Crippen LogP contribution >= 0.6 is 0 Å². The maximum Gasteiger partial charge on any atom is 0.223 e. The van der Waals surface area contributed by atoms with Crippen molar-refractivity contribution in [1.29, 1.82) is 0 Å². The topological polar surface area (TPSA) is 61.4 Å². The molecular weight excluding hydrogens is 386 g/mol. The van der Waals surface area contributed by atoms with E-state index in [-0.39, 0.29) is 17.7 Å². The normalized spacial score (nSPS) is 16.3. The third-order valence-corrected chi connectivity index (χ3v) is 6.19. The summed E-state index contributed by atoms with van der Waals surface area (Å²) in [7, 11) is 0. The second-order valence-electron chi connectivity index (χ2n) is 8.78. The van der Waals surface area contributed by atoms with Gasteiger partial charge in [-0.2, -0.15) is 0 Å². The number of rotatable bonds is 10. The van der Waals surface area contributed by atoms with Gasteiger partial charge in [0, 0.05) is 32.0 Å². The molecule has 0 unspecified atom stereocenters. The molecular formula is C26H33N3O2. The molecule has 1 saturated carbocycles. The van der Waals surface area contributed by atoms with Gasteiger partial charge in [0.2, 0.25) is 11.8 Å². The fourth-order valence-electron chi connectivity index (χ4n) is 4.18. The molecule has 5 nitrogen and oxygen atoms in total. The van der Waals surface area contributed by atoms with E-state index < -0.39 is 0 Å². The zero-order chi connectivity index (χ0) is 21.5. The number of nitrogens with zero attached hydrogens (tertiary/aromatic N) is 1. The summed E-state index contributed by atoms with van der Waals surface area (Å²) >= 11 is 0. The highest BCUT2D eigenvalue weighted by Gasteiger charge is 2.29. The van der Waals surface area contributed by atoms with E-state index in [0.717, 1.165) is 30.5 Å². The Kier molecular flexibility index (Phi) is 7.36. The molecule has 31 heavy (non-hydrogen) atoms. The predicted molar refractivity (Wildman–Crippen MR) is 123 cm³/mol. The fraction of sp³-hybridized carbons (Fsp3) is 0.462. The van der Waals surface area contributed by atoms with Crippen LogP contribution in [0.4, 0.5) is 0 Å². The monoisotopic (exact) mass is 419 g/mol. The molecule has 2 N–H and O–H groups in total. The van der Waals surface area contributed by atoms with Crippen LogP contribution in [0, 0.1) is 5.92 Å². The number of likely N-dealkylation sites (tertiary alicyclic amines) is 1. The summed E-state index contributed by atoms with van der Waals surface area (Å²) in [6.45, 7) is 4.52. The van der Waals surface area contributed by atoms with Crippen LogP contribution in [0.3, 0.4) is 0 Å². The van der Waals surface area contributed by atoms with Gasteiger partial charge in [-0.3, -0.25) is 14.5 Å². The van der Waals surface area contributed by atoms with Gasteiger partial charge in [0.1, 0.15) is 0 Å². The molecule has 0 radical (unpaired) electrons. The van der Waals surface area contributed by atoms with E-state index in [2.05, 4.69) is 51.9 Å². The van der Waals surface area contributed by atoms with Gasteiger partial charge < -0.3 is 10.6 Å². The standard InChI is InChI=1S/C26H33N3O2/c30-25(8-5-15-27-26(31)22-13-14-22)28-18-23-6-1-2-7-24(23)21-11-9-20(10-12-21)19-29-16-3-4-17-29/h1-2,6-7,9-12,22H,3-5,8,13-19H2,(H,27,31)(H,28,30). The average molecular weight is 420 g/mol. The molecule has 0 atom stereocenters. The molecule has 164 valence electrons. The zero-order valence-electron chi connectivity index (χ0n) is 18.2. The Morgan fingerprint density at radius 3 is 2.42 bits per heavy atom. The molecule has 2 aromatic rings. The third kappa shape index (κ3) is 6.41. The lowest BCUT2D eigenvalue weighted by molar-refractivity contribution is -0.123. The Morgan fingerprint density at radius 2 is 1.68 bits per heavy atom. The molecule has 1 saturated heterocycles. The Morgan fingerprint density at radius 1 is 0.935 bits per heavy atom. The van der Waals surface area contributed by atoms with Gasteiger partial charge in [-0.05, 0) is 67.4 Å². The summed E-state index contributed by atoms with van der Waals surface area (Å²) < 4.78 is 0. The Hall–Kier alpha value is -2.66. The van der Waals surface area contributed by atoms with Crippen molar-refractivity contribution >= 4 is 11.8 Å². The van der Waals surface area contributed by atoms with Crippen LogP contribution in [0.1, 0.15) is 49.7 Å². The maximum absolute atomic E-state index is 12.2. The Labute approximate surface area is 185 Å². The first-order chi connectivity index (χ1) is 15.2. The second kappa shape index (κ2) is 10.6. The van der Waals surface area contributed by atoms with Crippen LogP contribution < -0.4 is 10.6 Å². The van der Waals surface area contributed by atoms with Crippen LogP contribution in [-0.2, 0) is 22.7 Å². The van der Waals surface area contributed by atoms with Gasteiger partial charge >= 0.3 is 0 Å². The Bertz CT molecular complexity index is 884. The van der Waals surface area contributed by atoms with Gasteiger partial charge in [0.15, 0.2) is 0 Å². The van der Waals surface area contributed by atoms with Gasteiger partial charge in [-0.25, -0.2) is 0 Å². The van der Waals surface area contributed by atoms with Crippen molar-refractivity contribution in [2.24, 2.45) is 5.92 Å². The number of nitrogens with one attached hydrogen (secondary N) is 2. The smallest absolute Gasteiger partial charge is 0.223 e. The van der Waals surface area contributed by atoms with E-state index in [0.29, 0.717) is 25.9 Å². The molecule has 0 aromatic heterocycles. The predicted octanol–water partition coefficient (Wildman–Crippen LogP) is 3.87. The van der Waals surface area contributed by atoms with Crippen LogP contribution in [0.5, 0.6) is 0 Å². The van der Waals surface area contributed by atoms with E-state index in [1.54, 1.807) is 0 Å². The summed E-state index contributed by atoms with van der Waals surface area (Å²) in [5.74, 6) is 0.386. The molecule has 0 bridgehead atoms. The lowest BCUT2D eigenvalue weighted by Gasteiger charge is -2.15. The number of carbonyl (C=O) groups excluding carboxylic acids is 2. The summed E-state index contributed by atoms with van der Waals surface area (Å²) in [6.07, 6.45) is 5.74. The molecule has 4 rings (SSSR count). The van der Waals surface area contributed by atoms with E-state index >= 15 is 0 Å². The van der Waals surface area contributed by atoms with Crippen molar-refractivity contribution in [2.45, 2.75) is 51.6 Å². The quantitative estimate of drug-likeness (QED) is 0.575. The number of benzene rings is 2. The van der Waals surface area contributed by atoms with E-state index in [1.807, 2.05) is 12.1 Å². The molecule has 2 aliphatic rings. The minimum Gasteiger partial charge on any atom is -0.356 e. The molecule has 2 amide bonds. The molecule has 0 spiro atoms. The van der Waals surface area contributed by atoms with E-state index in [4.69, 9.17) is 0 Å². The lowest BCUT2D eigenvalue weighted by atomic mass is 9.98. The SMILES string of the molecule is O=C(CCCNC(=O)C1CC1)NCc1ccccc1-c1ccc(CN2CCCC2)cc1. The van der Waals surface area contributed by atoms with E-state index in [9.17, 15) is 9.59 Å². The first-order valence-electron chi connectivity index (χ1n) is 11.6. The number of hydrogen-bond donors (Lipinski definition) is 2. The highest BCUT2D eigenvalue weighted by molar-refractivity contribution is 5.81. The summed E-state index contributed by atoms with van der Waals surface area (Å²) in [5.41, 5.74) is 4.81. The molecule has 1 aliphatic carbocycles. The summed E-state index contributed by atoms with van der Waals surface area (Å²) in [4.78, 5) is 26.4. The van der Waals surface area contributed by atoms with Gasteiger partial charge in [0.05, 0.1) is 0 Å². The minimum absolute atomic E-state index is 0.0245. The molecule has 1 aliphatic heterocycles. The van der Waals surface area contributed by atoms with Gasteiger partial charge in [-0.15, -0.1) is 0 Å². The van der Waals surface area contributed by atoms with Crippen LogP contribution in [0.2, 0.25) is 0 Å². The second-order valence-corrected chi connectivity index (χ2v) is 8.78. The molecule has 2 fully saturated rings. The fourth-order valence-corrected chi connectivity index (χ4v) is 4.18. The maximum atomic E-state index is 12.2. The summed E-state index contributed by atoms with van der Waals surface area (Å²) in [6, 6.07) is 17.1. The average Bonchev–Trinajstić information content (AvgIpc) is 3.53.